The Morgan fingerprint density at radius 2 is 2.00 bits per heavy atom. The third-order valence-corrected chi connectivity index (χ3v) is 3.43. The number of hydrogen-bond donors (Lipinski definition) is 1. The van der Waals surface area contributed by atoms with Crippen molar-refractivity contribution in [3.8, 4) is 0 Å². The second kappa shape index (κ2) is 5.74. The number of nitrogens with zero attached hydrogens (tertiary/aromatic N) is 2. The summed E-state index contributed by atoms with van der Waals surface area (Å²) in [5.41, 5.74) is 0.912. The van der Waals surface area contributed by atoms with Crippen LogP contribution in [-0.2, 0) is 21.4 Å². The van der Waals surface area contributed by atoms with E-state index in [-0.39, 0.29) is 12.5 Å². The summed E-state index contributed by atoms with van der Waals surface area (Å²) in [6.45, 7) is 0.183. The first-order valence-electron chi connectivity index (χ1n) is 4.96. The summed E-state index contributed by atoms with van der Waals surface area (Å²) in [5, 5.41) is 2.63. The molecule has 1 N–H and O–H groups in total. The lowest BCUT2D eigenvalue weighted by atomic mass is 10.3. The van der Waals surface area contributed by atoms with E-state index in [0.29, 0.717) is 6.54 Å². The summed E-state index contributed by atoms with van der Waals surface area (Å²) >= 11 is 0. The molecule has 7 heteroatoms. The van der Waals surface area contributed by atoms with Gasteiger partial charge in [0, 0.05) is 26.0 Å². The SMILES string of the molecule is CN(CC(=O)NCc1ccncc1)S(C)(=O)=O. The summed E-state index contributed by atoms with van der Waals surface area (Å²) in [4.78, 5) is 15.3. The molecule has 0 saturated carbocycles. The zero-order valence-corrected chi connectivity index (χ0v) is 10.6. The van der Waals surface area contributed by atoms with E-state index in [4.69, 9.17) is 0 Å². The summed E-state index contributed by atoms with van der Waals surface area (Å²) in [6.07, 6.45) is 4.32. The zero-order valence-electron chi connectivity index (χ0n) is 9.75. The molecule has 0 unspecified atom stereocenters. The van der Waals surface area contributed by atoms with Gasteiger partial charge in [0.2, 0.25) is 15.9 Å². The van der Waals surface area contributed by atoms with Crippen LogP contribution >= 0.6 is 0 Å². The Kier molecular flexibility index (Phi) is 4.59. The average molecular weight is 257 g/mol. The summed E-state index contributed by atoms with van der Waals surface area (Å²) in [5.74, 6) is -0.338. The highest BCUT2D eigenvalue weighted by atomic mass is 32.2. The smallest absolute Gasteiger partial charge is 0.235 e. The summed E-state index contributed by atoms with van der Waals surface area (Å²) < 4.78 is 23.2. The molecule has 1 heterocycles. The summed E-state index contributed by atoms with van der Waals surface area (Å²) in [6, 6.07) is 3.56. The first-order valence-corrected chi connectivity index (χ1v) is 6.81. The number of amides is 1. The number of carbonyl (C=O) groups is 1. The van der Waals surface area contributed by atoms with Gasteiger partial charge in [-0.05, 0) is 17.7 Å². The van der Waals surface area contributed by atoms with Crippen molar-refractivity contribution in [3.05, 3.63) is 30.1 Å². The van der Waals surface area contributed by atoms with Crippen LogP contribution in [-0.4, -0.2) is 43.5 Å². The van der Waals surface area contributed by atoms with Crippen molar-refractivity contribution in [3.63, 3.8) is 0 Å². The molecule has 1 aromatic rings. The normalized spacial score (nSPS) is 11.5. The first kappa shape index (κ1) is 13.6. The number of sulfonamides is 1. The van der Waals surface area contributed by atoms with Crippen LogP contribution in [0.15, 0.2) is 24.5 Å². The number of pyridine rings is 1. The highest BCUT2D eigenvalue weighted by Crippen LogP contribution is 1.96. The minimum absolute atomic E-state index is 0.177. The highest BCUT2D eigenvalue weighted by molar-refractivity contribution is 7.88. The zero-order chi connectivity index (χ0) is 12.9. The highest BCUT2D eigenvalue weighted by Gasteiger charge is 2.14. The first-order chi connectivity index (χ1) is 7.89. The molecule has 0 bridgehead atoms. The number of likely N-dealkylation sites (N-methyl/N-ethyl adjacent to an activating group) is 1. The van der Waals surface area contributed by atoms with E-state index in [2.05, 4.69) is 10.3 Å². The fraction of sp³-hybridized carbons (Fsp3) is 0.400. The second-order valence-corrected chi connectivity index (χ2v) is 5.74. The van der Waals surface area contributed by atoms with Crippen molar-refractivity contribution < 1.29 is 13.2 Å². The minimum Gasteiger partial charge on any atom is -0.351 e. The number of hydrogen-bond acceptors (Lipinski definition) is 4. The minimum atomic E-state index is -3.32. The average Bonchev–Trinajstić information content (AvgIpc) is 2.26. The lowest BCUT2D eigenvalue weighted by molar-refractivity contribution is -0.121. The van der Waals surface area contributed by atoms with Crippen LogP contribution < -0.4 is 5.32 Å². The van der Waals surface area contributed by atoms with Gasteiger partial charge >= 0.3 is 0 Å². The summed E-state index contributed by atoms with van der Waals surface area (Å²) in [7, 11) is -1.96. The van der Waals surface area contributed by atoms with E-state index in [1.807, 2.05) is 0 Å². The van der Waals surface area contributed by atoms with Gasteiger partial charge in [0.05, 0.1) is 12.8 Å². The van der Waals surface area contributed by atoms with Gasteiger partial charge in [-0.2, -0.15) is 4.31 Å². The molecule has 6 nitrogen and oxygen atoms in total. The molecular weight excluding hydrogens is 242 g/mol. The van der Waals surface area contributed by atoms with Crippen LogP contribution in [0.25, 0.3) is 0 Å². The van der Waals surface area contributed by atoms with E-state index in [9.17, 15) is 13.2 Å². The molecule has 0 radical (unpaired) electrons. The van der Waals surface area contributed by atoms with E-state index < -0.39 is 10.0 Å². The molecule has 0 fully saturated rings. The largest absolute Gasteiger partial charge is 0.351 e. The molecule has 0 aliphatic carbocycles. The molecule has 0 spiro atoms. The quantitative estimate of drug-likeness (QED) is 0.777. The number of carbonyl (C=O) groups excluding carboxylic acids is 1. The van der Waals surface area contributed by atoms with Crippen molar-refractivity contribution in [2.45, 2.75) is 6.54 Å². The number of nitrogens with one attached hydrogen (secondary N) is 1. The second-order valence-electron chi connectivity index (χ2n) is 3.65. The van der Waals surface area contributed by atoms with Crippen molar-refractivity contribution in [2.24, 2.45) is 0 Å². The molecule has 1 aromatic heterocycles. The van der Waals surface area contributed by atoms with Crippen molar-refractivity contribution in [2.75, 3.05) is 19.8 Å². The van der Waals surface area contributed by atoms with Gasteiger partial charge in [0.25, 0.3) is 0 Å². The van der Waals surface area contributed by atoms with E-state index >= 15 is 0 Å². The third-order valence-electron chi connectivity index (χ3n) is 2.17. The van der Waals surface area contributed by atoms with Crippen molar-refractivity contribution in [1.82, 2.24) is 14.6 Å². The van der Waals surface area contributed by atoms with E-state index in [0.717, 1.165) is 16.1 Å². The van der Waals surface area contributed by atoms with Crippen LogP contribution in [0, 0.1) is 0 Å². The fourth-order valence-corrected chi connectivity index (χ4v) is 1.43. The maximum Gasteiger partial charge on any atom is 0.235 e. The molecular formula is C10H15N3O3S. The molecule has 17 heavy (non-hydrogen) atoms. The fourth-order valence-electron chi connectivity index (χ4n) is 1.08. The standard InChI is InChI=1S/C10H15N3O3S/c1-13(17(2,15)16)8-10(14)12-7-9-3-5-11-6-4-9/h3-6H,7-8H2,1-2H3,(H,12,14). The van der Waals surface area contributed by atoms with Crippen molar-refractivity contribution in [1.29, 1.82) is 0 Å². The lowest BCUT2D eigenvalue weighted by Crippen LogP contribution is -2.37. The van der Waals surface area contributed by atoms with Gasteiger partial charge in [-0.3, -0.25) is 9.78 Å². The van der Waals surface area contributed by atoms with Crippen LogP contribution in [0.4, 0.5) is 0 Å². The van der Waals surface area contributed by atoms with Gasteiger partial charge in [-0.1, -0.05) is 0 Å². The topological polar surface area (TPSA) is 79.4 Å². The van der Waals surface area contributed by atoms with Crippen LogP contribution in [0.2, 0.25) is 0 Å². The maximum atomic E-state index is 11.4. The molecule has 1 rings (SSSR count). The van der Waals surface area contributed by atoms with Crippen LogP contribution in [0.3, 0.4) is 0 Å². The van der Waals surface area contributed by atoms with Gasteiger partial charge in [-0.25, -0.2) is 8.42 Å². The molecule has 0 atom stereocenters. The van der Waals surface area contributed by atoms with Gasteiger partial charge in [0.1, 0.15) is 0 Å². The number of aromatic nitrogens is 1. The number of rotatable bonds is 5. The third kappa shape index (κ3) is 4.92. The Balaban J connectivity index is 2.41. The lowest BCUT2D eigenvalue weighted by Gasteiger charge is -2.13. The molecule has 0 aliphatic heterocycles. The molecule has 94 valence electrons. The Bertz CT molecular complexity index is 473. The monoisotopic (exact) mass is 257 g/mol. The Morgan fingerprint density at radius 3 is 2.53 bits per heavy atom. The van der Waals surface area contributed by atoms with Gasteiger partial charge in [-0.15, -0.1) is 0 Å². The van der Waals surface area contributed by atoms with E-state index in [1.165, 1.54) is 7.05 Å². The Hall–Kier alpha value is -1.47. The molecule has 0 aliphatic rings. The van der Waals surface area contributed by atoms with Gasteiger partial charge in [0.15, 0.2) is 0 Å². The maximum absolute atomic E-state index is 11.4. The predicted octanol–water partition coefficient (Wildman–Crippen LogP) is -0.411. The molecule has 0 aromatic carbocycles. The van der Waals surface area contributed by atoms with E-state index in [1.54, 1.807) is 24.5 Å². The molecule has 1 amide bonds. The predicted molar refractivity (Wildman–Crippen MR) is 63.6 cm³/mol. The van der Waals surface area contributed by atoms with Crippen LogP contribution in [0.1, 0.15) is 5.56 Å². The van der Waals surface area contributed by atoms with Crippen LogP contribution in [0.5, 0.6) is 0 Å². The van der Waals surface area contributed by atoms with Gasteiger partial charge < -0.3 is 5.32 Å². The Morgan fingerprint density at radius 1 is 1.41 bits per heavy atom. The Labute approximate surface area is 101 Å². The van der Waals surface area contributed by atoms with Crippen molar-refractivity contribution >= 4 is 15.9 Å². The molecule has 0 saturated heterocycles.